The van der Waals surface area contributed by atoms with Crippen molar-refractivity contribution in [2.75, 3.05) is 6.54 Å². The summed E-state index contributed by atoms with van der Waals surface area (Å²) in [6.07, 6.45) is 3.66. The molecule has 0 saturated carbocycles. The second kappa shape index (κ2) is 5.38. The lowest BCUT2D eigenvalue weighted by atomic mass is 10.0. The summed E-state index contributed by atoms with van der Waals surface area (Å²) in [6.45, 7) is 0.984. The fourth-order valence-electron chi connectivity index (χ4n) is 1.31. The van der Waals surface area contributed by atoms with E-state index in [0.717, 1.165) is 13.0 Å². The first-order valence-corrected chi connectivity index (χ1v) is 3.74. The smallest absolute Gasteiger partial charge is 0.304 e. The minimum atomic E-state index is -0.695. The maximum Gasteiger partial charge on any atom is 0.304 e. The Morgan fingerprint density at radius 3 is 2.73 bits per heavy atom. The second-order valence-electron chi connectivity index (χ2n) is 2.74. The first kappa shape index (κ1) is 10.7. The molecule has 3 nitrogen and oxygen atoms in total. The van der Waals surface area contributed by atoms with Crippen LogP contribution in [0.3, 0.4) is 0 Å². The molecule has 1 aliphatic heterocycles. The SMILES string of the molecule is Cl.O=C(O)CC1CCCCN1. The Morgan fingerprint density at radius 1 is 1.55 bits per heavy atom. The van der Waals surface area contributed by atoms with Gasteiger partial charge < -0.3 is 10.4 Å². The Hall–Kier alpha value is -0.280. The van der Waals surface area contributed by atoms with Gasteiger partial charge in [-0.05, 0) is 19.4 Å². The van der Waals surface area contributed by atoms with Crippen LogP contribution >= 0.6 is 12.4 Å². The van der Waals surface area contributed by atoms with Gasteiger partial charge in [0.05, 0.1) is 6.42 Å². The van der Waals surface area contributed by atoms with Crippen molar-refractivity contribution in [1.29, 1.82) is 0 Å². The van der Waals surface area contributed by atoms with Gasteiger partial charge in [0.25, 0.3) is 0 Å². The number of nitrogens with one attached hydrogen (secondary N) is 1. The molecular formula is C7H14ClNO2. The highest BCUT2D eigenvalue weighted by molar-refractivity contribution is 5.85. The fourth-order valence-corrected chi connectivity index (χ4v) is 1.31. The van der Waals surface area contributed by atoms with Crippen LogP contribution < -0.4 is 5.32 Å². The highest BCUT2D eigenvalue weighted by atomic mass is 35.5. The van der Waals surface area contributed by atoms with Gasteiger partial charge in [-0.3, -0.25) is 4.79 Å². The average Bonchev–Trinajstić information content (AvgIpc) is 1.88. The average molecular weight is 180 g/mol. The minimum absolute atomic E-state index is 0. The van der Waals surface area contributed by atoms with Crippen molar-refractivity contribution in [3.05, 3.63) is 0 Å². The molecule has 0 bridgehead atoms. The monoisotopic (exact) mass is 179 g/mol. The zero-order valence-electron chi connectivity index (χ0n) is 6.38. The standard InChI is InChI=1S/C7H13NO2.ClH/c9-7(10)5-6-3-1-2-4-8-6;/h6,8H,1-5H2,(H,9,10);1H. The molecule has 0 aromatic carbocycles. The summed E-state index contributed by atoms with van der Waals surface area (Å²) in [5.41, 5.74) is 0. The van der Waals surface area contributed by atoms with Crippen molar-refractivity contribution in [3.63, 3.8) is 0 Å². The zero-order chi connectivity index (χ0) is 7.40. The van der Waals surface area contributed by atoms with Gasteiger partial charge in [0.15, 0.2) is 0 Å². The summed E-state index contributed by atoms with van der Waals surface area (Å²) in [5, 5.41) is 11.6. The van der Waals surface area contributed by atoms with E-state index in [1.54, 1.807) is 0 Å². The summed E-state index contributed by atoms with van der Waals surface area (Å²) < 4.78 is 0. The van der Waals surface area contributed by atoms with Crippen molar-refractivity contribution >= 4 is 18.4 Å². The van der Waals surface area contributed by atoms with Crippen LogP contribution in [0.4, 0.5) is 0 Å². The van der Waals surface area contributed by atoms with Crippen LogP contribution in [-0.4, -0.2) is 23.7 Å². The Kier molecular flexibility index (Phi) is 5.24. The van der Waals surface area contributed by atoms with Gasteiger partial charge in [0.1, 0.15) is 0 Å². The Morgan fingerprint density at radius 2 is 2.27 bits per heavy atom. The van der Waals surface area contributed by atoms with Crippen molar-refractivity contribution in [2.45, 2.75) is 31.7 Å². The molecule has 1 rings (SSSR count). The molecule has 11 heavy (non-hydrogen) atoms. The van der Waals surface area contributed by atoms with Crippen LogP contribution in [0.2, 0.25) is 0 Å². The number of carboxylic acids is 1. The molecule has 1 saturated heterocycles. The normalized spacial score (nSPS) is 23.8. The Labute approximate surface area is 72.6 Å². The van der Waals surface area contributed by atoms with E-state index < -0.39 is 5.97 Å². The number of hydrogen-bond acceptors (Lipinski definition) is 2. The molecule has 0 aromatic rings. The second-order valence-corrected chi connectivity index (χ2v) is 2.74. The molecule has 66 valence electrons. The minimum Gasteiger partial charge on any atom is -0.481 e. The van der Waals surface area contributed by atoms with E-state index in [1.807, 2.05) is 0 Å². The summed E-state index contributed by atoms with van der Waals surface area (Å²) in [6, 6.07) is 0.228. The molecule has 1 aliphatic rings. The van der Waals surface area contributed by atoms with E-state index in [1.165, 1.54) is 12.8 Å². The lowest BCUT2D eigenvalue weighted by molar-refractivity contribution is -0.137. The highest BCUT2D eigenvalue weighted by Gasteiger charge is 2.14. The number of aliphatic carboxylic acids is 1. The summed E-state index contributed by atoms with van der Waals surface area (Å²) in [7, 11) is 0. The van der Waals surface area contributed by atoms with Crippen LogP contribution in [0.5, 0.6) is 0 Å². The van der Waals surface area contributed by atoms with Crippen LogP contribution in [0, 0.1) is 0 Å². The van der Waals surface area contributed by atoms with Gasteiger partial charge in [-0.25, -0.2) is 0 Å². The van der Waals surface area contributed by atoms with E-state index in [9.17, 15) is 4.79 Å². The van der Waals surface area contributed by atoms with Gasteiger partial charge in [-0.1, -0.05) is 6.42 Å². The van der Waals surface area contributed by atoms with Crippen LogP contribution in [-0.2, 0) is 4.79 Å². The molecule has 1 atom stereocenters. The quantitative estimate of drug-likeness (QED) is 0.666. The van der Waals surface area contributed by atoms with E-state index >= 15 is 0 Å². The first-order valence-electron chi connectivity index (χ1n) is 3.74. The van der Waals surface area contributed by atoms with E-state index in [4.69, 9.17) is 5.11 Å². The predicted octanol–water partition coefficient (Wildman–Crippen LogP) is 1.02. The van der Waals surface area contributed by atoms with Gasteiger partial charge in [0.2, 0.25) is 0 Å². The summed E-state index contributed by atoms with van der Waals surface area (Å²) in [4.78, 5) is 10.2. The number of hydrogen-bond donors (Lipinski definition) is 2. The molecule has 1 unspecified atom stereocenters. The summed E-state index contributed by atoms with van der Waals surface area (Å²) in [5.74, 6) is -0.695. The Balaban J connectivity index is 0.000001000. The number of piperidine rings is 1. The van der Waals surface area contributed by atoms with Gasteiger partial charge in [0, 0.05) is 6.04 Å². The number of halogens is 1. The molecule has 0 aromatic heterocycles. The third-order valence-electron chi connectivity index (χ3n) is 1.83. The lowest BCUT2D eigenvalue weighted by Crippen LogP contribution is -2.35. The molecule has 1 fully saturated rings. The maximum atomic E-state index is 10.2. The van der Waals surface area contributed by atoms with Crippen LogP contribution in [0.1, 0.15) is 25.7 Å². The molecule has 1 heterocycles. The molecule has 0 aliphatic carbocycles. The largest absolute Gasteiger partial charge is 0.481 e. The number of carboxylic acid groups (broad SMARTS) is 1. The topological polar surface area (TPSA) is 49.3 Å². The number of rotatable bonds is 2. The first-order chi connectivity index (χ1) is 4.79. The lowest BCUT2D eigenvalue weighted by Gasteiger charge is -2.21. The predicted molar refractivity (Wildman–Crippen MR) is 45.1 cm³/mol. The molecule has 0 radical (unpaired) electrons. The van der Waals surface area contributed by atoms with Gasteiger partial charge in [-0.2, -0.15) is 0 Å². The van der Waals surface area contributed by atoms with E-state index in [-0.39, 0.29) is 24.9 Å². The fraction of sp³-hybridized carbons (Fsp3) is 0.857. The number of carbonyl (C=O) groups is 1. The van der Waals surface area contributed by atoms with Crippen molar-refractivity contribution < 1.29 is 9.90 Å². The molecule has 0 amide bonds. The maximum absolute atomic E-state index is 10.2. The van der Waals surface area contributed by atoms with E-state index in [2.05, 4.69) is 5.32 Å². The van der Waals surface area contributed by atoms with Crippen LogP contribution in [0.15, 0.2) is 0 Å². The Bertz CT molecular complexity index is 124. The molecule has 2 N–H and O–H groups in total. The van der Waals surface area contributed by atoms with Gasteiger partial charge >= 0.3 is 5.97 Å². The van der Waals surface area contributed by atoms with Gasteiger partial charge in [-0.15, -0.1) is 12.4 Å². The molecule has 0 spiro atoms. The molecule has 4 heteroatoms. The van der Waals surface area contributed by atoms with Crippen molar-refractivity contribution in [2.24, 2.45) is 0 Å². The van der Waals surface area contributed by atoms with Crippen LogP contribution in [0.25, 0.3) is 0 Å². The van der Waals surface area contributed by atoms with Crippen molar-refractivity contribution in [1.82, 2.24) is 5.32 Å². The third kappa shape index (κ3) is 4.22. The zero-order valence-corrected chi connectivity index (χ0v) is 7.19. The molecular weight excluding hydrogens is 166 g/mol. The summed E-state index contributed by atoms with van der Waals surface area (Å²) >= 11 is 0. The highest BCUT2D eigenvalue weighted by Crippen LogP contribution is 2.09. The van der Waals surface area contributed by atoms with Crippen molar-refractivity contribution in [3.8, 4) is 0 Å². The third-order valence-corrected chi connectivity index (χ3v) is 1.83. The van der Waals surface area contributed by atoms with E-state index in [0.29, 0.717) is 0 Å².